The second kappa shape index (κ2) is 6.67. The van der Waals surface area contributed by atoms with Gasteiger partial charge in [0.05, 0.1) is 35.8 Å². The van der Waals surface area contributed by atoms with E-state index in [4.69, 9.17) is 4.74 Å². The normalized spacial score (nSPS) is 20.4. The highest BCUT2D eigenvalue weighted by atomic mass is 32.2. The Labute approximate surface area is 164 Å². The summed E-state index contributed by atoms with van der Waals surface area (Å²) in [5.41, 5.74) is 3.37. The lowest BCUT2D eigenvalue weighted by atomic mass is 10.1. The first-order valence-corrected chi connectivity index (χ1v) is 10.5. The van der Waals surface area contributed by atoms with Crippen LogP contribution in [-0.4, -0.2) is 46.7 Å². The molecule has 4 nitrogen and oxygen atoms in total. The van der Waals surface area contributed by atoms with Crippen LogP contribution in [0.15, 0.2) is 53.4 Å². The molecule has 5 rings (SSSR count). The Hall–Kier alpha value is -2.25. The molecule has 0 unspecified atom stereocenters. The van der Waals surface area contributed by atoms with Crippen LogP contribution in [0.5, 0.6) is 0 Å². The van der Waals surface area contributed by atoms with Crippen molar-refractivity contribution in [3.05, 3.63) is 48.5 Å². The quantitative estimate of drug-likeness (QED) is 0.712. The number of nitrogens with zero attached hydrogens (tertiary/aromatic N) is 1. The summed E-state index contributed by atoms with van der Waals surface area (Å²) in [4.78, 5) is 5.81. The number of alkyl halides is 2. The van der Waals surface area contributed by atoms with Crippen LogP contribution in [-0.2, 0) is 15.5 Å². The third kappa shape index (κ3) is 3.12. The van der Waals surface area contributed by atoms with Crippen LogP contribution in [0.2, 0.25) is 0 Å². The summed E-state index contributed by atoms with van der Waals surface area (Å²) in [7, 11) is -1.17. The molecule has 3 heterocycles. The highest BCUT2D eigenvalue weighted by molar-refractivity contribution is 7.85. The van der Waals surface area contributed by atoms with Crippen molar-refractivity contribution in [2.24, 2.45) is 0 Å². The first-order valence-electron chi connectivity index (χ1n) is 9.33. The second-order valence-corrected chi connectivity index (χ2v) is 9.17. The van der Waals surface area contributed by atoms with Crippen LogP contribution in [0.1, 0.15) is 6.42 Å². The van der Waals surface area contributed by atoms with Crippen molar-refractivity contribution in [1.29, 1.82) is 0 Å². The van der Waals surface area contributed by atoms with E-state index in [2.05, 4.69) is 4.98 Å². The number of aromatic amines is 1. The predicted molar refractivity (Wildman–Crippen MR) is 107 cm³/mol. The molecule has 146 valence electrons. The Morgan fingerprint density at radius 2 is 1.96 bits per heavy atom. The van der Waals surface area contributed by atoms with Gasteiger partial charge >= 0.3 is 0 Å². The van der Waals surface area contributed by atoms with Gasteiger partial charge in [-0.25, -0.2) is 8.78 Å². The monoisotopic (exact) mass is 402 g/mol. The Morgan fingerprint density at radius 1 is 1.14 bits per heavy atom. The molecule has 0 radical (unpaired) electrons. The number of benzene rings is 2. The lowest BCUT2D eigenvalue weighted by Crippen LogP contribution is -2.37. The largest absolute Gasteiger partial charge is 0.379 e. The van der Waals surface area contributed by atoms with Crippen LogP contribution < -0.4 is 4.90 Å². The Kier molecular flexibility index (Phi) is 4.25. The Balaban J connectivity index is 1.61. The van der Waals surface area contributed by atoms with Gasteiger partial charge in [-0.1, -0.05) is 18.2 Å². The van der Waals surface area contributed by atoms with Crippen LogP contribution in [0.3, 0.4) is 0 Å². The van der Waals surface area contributed by atoms with E-state index in [1.54, 1.807) is 11.0 Å². The molecule has 2 aliphatic rings. The molecule has 7 heteroatoms. The summed E-state index contributed by atoms with van der Waals surface area (Å²) in [5, 5.41) is 1.05. The van der Waals surface area contributed by atoms with Crippen molar-refractivity contribution in [3.63, 3.8) is 0 Å². The smallest absolute Gasteiger partial charge is 0.266 e. The zero-order valence-corrected chi connectivity index (χ0v) is 16.0. The maximum absolute atomic E-state index is 13.8. The van der Waals surface area contributed by atoms with Crippen molar-refractivity contribution < 1.29 is 17.7 Å². The van der Waals surface area contributed by atoms with E-state index in [0.717, 1.165) is 27.8 Å². The minimum atomic E-state index is -2.68. The van der Waals surface area contributed by atoms with Gasteiger partial charge in [-0.3, -0.25) is 4.21 Å². The number of aromatic nitrogens is 1. The summed E-state index contributed by atoms with van der Waals surface area (Å²) < 4.78 is 45.6. The molecule has 2 saturated heterocycles. The number of para-hydroxylation sites is 1. The number of hydrogen-bond acceptors (Lipinski definition) is 3. The number of H-pyrrole nitrogens is 1. The fourth-order valence-electron chi connectivity index (χ4n) is 3.82. The summed E-state index contributed by atoms with van der Waals surface area (Å²) in [6.45, 7) is 1.00. The zero-order valence-electron chi connectivity index (χ0n) is 15.2. The van der Waals surface area contributed by atoms with Gasteiger partial charge in [-0.15, -0.1) is 0 Å². The molecule has 2 aliphatic heterocycles. The number of hydrogen-bond donors (Lipinski definition) is 1. The summed E-state index contributed by atoms with van der Waals surface area (Å²) in [5.74, 6) is -2.68. The highest BCUT2D eigenvalue weighted by Gasteiger charge is 2.39. The molecule has 1 atom stereocenters. The van der Waals surface area contributed by atoms with Crippen molar-refractivity contribution in [1.82, 2.24) is 4.98 Å². The number of rotatable bonds is 4. The lowest BCUT2D eigenvalue weighted by molar-refractivity contribution is 0.0257. The van der Waals surface area contributed by atoms with Crippen molar-refractivity contribution in [2.75, 3.05) is 31.2 Å². The Bertz CT molecular complexity index is 1030. The van der Waals surface area contributed by atoms with Crippen LogP contribution >= 0.6 is 0 Å². The lowest BCUT2D eigenvalue weighted by Gasteiger charge is -2.26. The van der Waals surface area contributed by atoms with Gasteiger partial charge in [0, 0.05) is 45.7 Å². The number of halogens is 2. The third-order valence-electron chi connectivity index (χ3n) is 5.44. The average molecular weight is 402 g/mol. The maximum Gasteiger partial charge on any atom is 0.266 e. The molecule has 1 N–H and O–H groups in total. The van der Waals surface area contributed by atoms with E-state index in [1.165, 1.54) is 0 Å². The number of nitrogens with one attached hydrogen (secondary N) is 1. The fraction of sp³-hybridized carbons (Fsp3) is 0.333. The number of anilines is 1. The van der Waals surface area contributed by atoms with Gasteiger partial charge in [-0.2, -0.15) is 0 Å². The van der Waals surface area contributed by atoms with Gasteiger partial charge in [0.25, 0.3) is 5.92 Å². The topological polar surface area (TPSA) is 45.3 Å². The molecule has 1 aromatic heterocycles. The summed E-state index contributed by atoms with van der Waals surface area (Å²) >= 11 is 0. The fourth-order valence-corrected chi connectivity index (χ4v) is 5.08. The van der Waals surface area contributed by atoms with Gasteiger partial charge in [-0.05, 0) is 30.3 Å². The first kappa shape index (κ1) is 17.8. The van der Waals surface area contributed by atoms with E-state index in [1.807, 2.05) is 42.5 Å². The molecular weight excluding hydrogens is 382 g/mol. The molecule has 3 aromatic rings. The van der Waals surface area contributed by atoms with Gasteiger partial charge in [0.15, 0.2) is 0 Å². The Morgan fingerprint density at radius 3 is 2.64 bits per heavy atom. The minimum Gasteiger partial charge on any atom is -0.379 e. The summed E-state index contributed by atoms with van der Waals surface area (Å²) in [6, 6.07) is 15.4. The van der Waals surface area contributed by atoms with Crippen LogP contribution in [0.25, 0.3) is 22.2 Å². The van der Waals surface area contributed by atoms with Gasteiger partial charge < -0.3 is 14.6 Å². The number of ether oxygens (including phenoxy) is 1. The van der Waals surface area contributed by atoms with E-state index >= 15 is 0 Å². The predicted octanol–water partition coefficient (Wildman–Crippen LogP) is 4.19. The van der Waals surface area contributed by atoms with E-state index in [0.29, 0.717) is 24.7 Å². The standard InChI is InChI=1S/C21H20F2N2O2S/c22-21(23)7-8-25(13-21)20-6-5-15(28(26)16-11-27-12-16)10-17(20)19-9-14-3-1-2-4-18(14)24-19/h1-6,9-10,16,24H,7-8,11-13H2/t28-/m1/s1. The minimum absolute atomic E-state index is 0.00228. The molecular formula is C21H20F2N2O2S. The van der Waals surface area contributed by atoms with E-state index < -0.39 is 16.7 Å². The first-order chi connectivity index (χ1) is 13.5. The third-order valence-corrected chi connectivity index (χ3v) is 7.04. The van der Waals surface area contributed by atoms with E-state index in [9.17, 15) is 13.0 Å². The zero-order chi connectivity index (χ0) is 19.3. The molecule has 0 amide bonds. The summed E-state index contributed by atoms with van der Waals surface area (Å²) in [6.07, 6.45) is -0.147. The van der Waals surface area contributed by atoms with Crippen molar-refractivity contribution in [2.45, 2.75) is 22.5 Å². The average Bonchev–Trinajstić information content (AvgIpc) is 3.22. The van der Waals surface area contributed by atoms with Crippen LogP contribution in [0, 0.1) is 0 Å². The van der Waals surface area contributed by atoms with Gasteiger partial charge in [0.1, 0.15) is 0 Å². The molecule has 28 heavy (non-hydrogen) atoms. The number of fused-ring (bicyclic) bond motifs is 1. The molecule has 0 saturated carbocycles. The van der Waals surface area contributed by atoms with Crippen molar-refractivity contribution >= 4 is 27.4 Å². The molecule has 2 aromatic carbocycles. The van der Waals surface area contributed by atoms with Gasteiger partial charge in [0.2, 0.25) is 0 Å². The molecule has 2 fully saturated rings. The van der Waals surface area contributed by atoms with Crippen LogP contribution in [0.4, 0.5) is 14.5 Å². The maximum atomic E-state index is 13.8. The molecule has 0 spiro atoms. The SMILES string of the molecule is O=[S@](c1ccc(N2CCC(F)(F)C2)c(-c2cc3ccccc3[nH]2)c1)C1COC1. The molecule has 0 aliphatic carbocycles. The van der Waals surface area contributed by atoms with Crippen molar-refractivity contribution in [3.8, 4) is 11.3 Å². The molecule has 0 bridgehead atoms. The second-order valence-electron chi connectivity index (χ2n) is 7.43. The highest BCUT2D eigenvalue weighted by Crippen LogP contribution is 2.39. The van der Waals surface area contributed by atoms with E-state index in [-0.39, 0.29) is 18.2 Å².